The zero-order valence-electron chi connectivity index (χ0n) is 17.3. The van der Waals surface area contributed by atoms with Crippen molar-refractivity contribution in [1.29, 1.82) is 0 Å². The third kappa shape index (κ3) is 3.65. The van der Waals surface area contributed by atoms with E-state index < -0.39 is 5.56 Å². The van der Waals surface area contributed by atoms with Crippen molar-refractivity contribution in [2.75, 3.05) is 25.3 Å². The first-order valence-electron chi connectivity index (χ1n) is 9.31. The maximum Gasteiger partial charge on any atom is 0.278 e. The van der Waals surface area contributed by atoms with Gasteiger partial charge < -0.3 is 20.5 Å². The maximum atomic E-state index is 13.2. The number of rotatable bonds is 5. The molecule has 0 unspecified atom stereocenters. The van der Waals surface area contributed by atoms with Crippen molar-refractivity contribution in [1.82, 2.24) is 19.5 Å². The molecule has 0 fully saturated rings. The highest BCUT2D eigenvalue weighted by Crippen LogP contribution is 2.44. The fourth-order valence-electron chi connectivity index (χ4n) is 3.16. The molecular weight excluding hydrogens is 455 g/mol. The molecule has 0 atom stereocenters. The molecule has 2 aromatic heterocycles. The molecule has 0 saturated carbocycles. The number of methoxy groups -OCH3 is 2. The van der Waals surface area contributed by atoms with Crippen LogP contribution in [0.3, 0.4) is 0 Å². The number of para-hydroxylation sites is 2. The summed E-state index contributed by atoms with van der Waals surface area (Å²) in [5.41, 5.74) is 7.58. The lowest BCUT2D eigenvalue weighted by Crippen LogP contribution is -2.22. The Hall–Kier alpha value is -3.56. The number of aromatic nitrogens is 4. The molecule has 2 aromatic carbocycles. The van der Waals surface area contributed by atoms with Gasteiger partial charge in [0.1, 0.15) is 22.7 Å². The number of benzene rings is 2. The molecule has 9 nitrogen and oxygen atoms in total. The summed E-state index contributed by atoms with van der Waals surface area (Å²) in [4.78, 5) is 26.4. The smallest absolute Gasteiger partial charge is 0.278 e. The van der Waals surface area contributed by atoms with Gasteiger partial charge in [-0.15, -0.1) is 0 Å². The largest absolute Gasteiger partial charge is 0.495 e. The van der Waals surface area contributed by atoms with Crippen molar-refractivity contribution in [2.45, 2.75) is 0 Å². The number of hydrogen-bond acceptors (Lipinski definition) is 8. The lowest BCUT2D eigenvalue weighted by atomic mass is 10.1. The van der Waals surface area contributed by atoms with Gasteiger partial charge in [-0.3, -0.25) is 9.36 Å². The third-order valence-corrected chi connectivity index (χ3v) is 5.58. The Balaban J connectivity index is 1.89. The monoisotopic (exact) mass is 472 g/mol. The van der Waals surface area contributed by atoms with Crippen LogP contribution in [0.2, 0.25) is 10.0 Å². The zero-order valence-corrected chi connectivity index (χ0v) is 18.8. The number of nitrogens with two attached hydrogens (primary N) is 1. The maximum absolute atomic E-state index is 13.2. The highest BCUT2D eigenvalue weighted by molar-refractivity contribution is 6.41. The number of hydrogen-bond donors (Lipinski definition) is 2. The molecule has 164 valence electrons. The van der Waals surface area contributed by atoms with Crippen LogP contribution in [-0.4, -0.2) is 33.7 Å². The van der Waals surface area contributed by atoms with E-state index in [9.17, 15) is 4.79 Å². The zero-order chi connectivity index (χ0) is 23.0. The summed E-state index contributed by atoms with van der Waals surface area (Å²) >= 11 is 13.0. The summed E-state index contributed by atoms with van der Waals surface area (Å²) < 4.78 is 11.9. The Morgan fingerprint density at radius 1 is 1.06 bits per heavy atom. The van der Waals surface area contributed by atoms with Crippen molar-refractivity contribution in [2.24, 2.45) is 7.05 Å². The van der Waals surface area contributed by atoms with Crippen LogP contribution in [0.15, 0.2) is 41.3 Å². The molecule has 2 heterocycles. The Morgan fingerprint density at radius 2 is 1.72 bits per heavy atom. The van der Waals surface area contributed by atoms with Gasteiger partial charge in [0.15, 0.2) is 5.65 Å². The Labute approximate surface area is 192 Å². The Morgan fingerprint density at radius 3 is 2.34 bits per heavy atom. The van der Waals surface area contributed by atoms with Crippen LogP contribution in [0.25, 0.3) is 22.4 Å². The van der Waals surface area contributed by atoms with Gasteiger partial charge in [-0.1, -0.05) is 35.3 Å². The molecule has 0 saturated heterocycles. The van der Waals surface area contributed by atoms with Crippen LogP contribution in [0.5, 0.6) is 11.5 Å². The number of nitrogen functional groups attached to an aromatic ring is 1. The summed E-state index contributed by atoms with van der Waals surface area (Å²) in [7, 11) is 4.47. The van der Waals surface area contributed by atoms with Gasteiger partial charge >= 0.3 is 0 Å². The van der Waals surface area contributed by atoms with Gasteiger partial charge in [0.05, 0.1) is 47.4 Å². The second-order valence-corrected chi connectivity index (χ2v) is 7.48. The molecule has 4 aromatic rings. The van der Waals surface area contributed by atoms with E-state index in [0.29, 0.717) is 34.0 Å². The van der Waals surface area contributed by atoms with Crippen LogP contribution in [-0.2, 0) is 7.05 Å². The van der Waals surface area contributed by atoms with Crippen LogP contribution in [0.4, 0.5) is 17.3 Å². The number of halogens is 2. The first-order valence-corrected chi connectivity index (χ1v) is 10.1. The highest BCUT2D eigenvalue weighted by atomic mass is 35.5. The Kier molecular flexibility index (Phi) is 5.77. The van der Waals surface area contributed by atoms with E-state index in [4.69, 9.17) is 38.4 Å². The minimum Gasteiger partial charge on any atom is -0.495 e. The SMILES string of the molecule is COc1cc(OC)c(Cl)c(-c2nc3cnc(Nc4ccccc4N)nc3n(C)c2=O)c1Cl. The molecular formula is C21H18Cl2N6O3. The van der Waals surface area contributed by atoms with Crippen molar-refractivity contribution in [3.63, 3.8) is 0 Å². The molecule has 4 rings (SSSR count). The Bertz CT molecular complexity index is 1380. The number of fused-ring (bicyclic) bond motifs is 1. The van der Waals surface area contributed by atoms with Crippen LogP contribution >= 0.6 is 23.2 Å². The van der Waals surface area contributed by atoms with E-state index in [1.165, 1.54) is 31.0 Å². The molecule has 0 bridgehead atoms. The molecule has 0 aliphatic carbocycles. The summed E-state index contributed by atoms with van der Waals surface area (Å²) in [6.45, 7) is 0. The third-order valence-electron chi connectivity index (χ3n) is 4.82. The van der Waals surface area contributed by atoms with Crippen LogP contribution in [0.1, 0.15) is 0 Å². The standard InChI is InChI=1S/C21H18Cl2N6O3/c1-29-19-12(9-25-21(28-19)27-11-7-5-4-6-10(11)24)26-18(20(29)30)15-16(22)13(31-2)8-14(32-3)17(15)23/h4-9H,24H2,1-3H3,(H,25,27,28). The highest BCUT2D eigenvalue weighted by Gasteiger charge is 2.23. The fraction of sp³-hybridized carbons (Fsp3) is 0.143. The van der Waals surface area contributed by atoms with Crippen LogP contribution in [0, 0.1) is 0 Å². The molecule has 0 spiro atoms. The number of nitrogens with one attached hydrogen (secondary N) is 1. The topological polar surface area (TPSA) is 117 Å². The fourth-order valence-corrected chi connectivity index (χ4v) is 3.84. The van der Waals surface area contributed by atoms with Gasteiger partial charge in [0.2, 0.25) is 5.95 Å². The average Bonchev–Trinajstić information content (AvgIpc) is 2.79. The van der Waals surface area contributed by atoms with Crippen LogP contribution < -0.4 is 26.1 Å². The molecule has 32 heavy (non-hydrogen) atoms. The molecule has 0 radical (unpaired) electrons. The van der Waals surface area contributed by atoms with Gasteiger partial charge in [0.25, 0.3) is 5.56 Å². The van der Waals surface area contributed by atoms with E-state index >= 15 is 0 Å². The molecule has 11 heteroatoms. The molecule has 3 N–H and O–H groups in total. The van der Waals surface area contributed by atoms with Crippen molar-refractivity contribution < 1.29 is 9.47 Å². The van der Waals surface area contributed by atoms with E-state index in [0.717, 1.165) is 0 Å². The molecule has 0 aliphatic heterocycles. The van der Waals surface area contributed by atoms with Crippen molar-refractivity contribution in [3.8, 4) is 22.8 Å². The minimum absolute atomic E-state index is 0.0174. The summed E-state index contributed by atoms with van der Waals surface area (Å²) in [5, 5.41) is 3.32. The van der Waals surface area contributed by atoms with Crippen molar-refractivity contribution >= 4 is 51.7 Å². The van der Waals surface area contributed by atoms with Gasteiger partial charge in [-0.05, 0) is 12.1 Å². The van der Waals surface area contributed by atoms with E-state index in [2.05, 4.69) is 20.3 Å². The second kappa shape index (κ2) is 8.52. The summed E-state index contributed by atoms with van der Waals surface area (Å²) in [6.07, 6.45) is 1.49. The minimum atomic E-state index is -0.458. The quantitative estimate of drug-likeness (QED) is 0.417. The number of aryl methyl sites for hydroxylation is 1. The molecule has 0 amide bonds. The summed E-state index contributed by atoms with van der Waals surface area (Å²) in [5.74, 6) is 0.852. The molecule has 0 aliphatic rings. The van der Waals surface area contributed by atoms with Gasteiger partial charge in [-0.2, -0.15) is 4.98 Å². The summed E-state index contributed by atoms with van der Waals surface area (Å²) in [6, 6.07) is 8.74. The first kappa shape index (κ1) is 21.7. The normalized spacial score (nSPS) is 10.9. The van der Waals surface area contributed by atoms with E-state index in [-0.39, 0.29) is 27.3 Å². The van der Waals surface area contributed by atoms with Gasteiger partial charge in [0, 0.05) is 13.1 Å². The number of anilines is 3. The second-order valence-electron chi connectivity index (χ2n) is 6.72. The van der Waals surface area contributed by atoms with Crippen molar-refractivity contribution in [3.05, 3.63) is 56.9 Å². The number of ether oxygens (including phenoxy) is 2. The predicted molar refractivity (Wildman–Crippen MR) is 125 cm³/mol. The lowest BCUT2D eigenvalue weighted by molar-refractivity contribution is 0.395. The first-order chi connectivity index (χ1) is 15.3. The van der Waals surface area contributed by atoms with E-state index in [1.54, 1.807) is 19.2 Å². The lowest BCUT2D eigenvalue weighted by Gasteiger charge is -2.15. The van der Waals surface area contributed by atoms with E-state index in [1.807, 2.05) is 12.1 Å². The predicted octanol–water partition coefficient (Wildman–Crippen LogP) is 4.04. The van der Waals surface area contributed by atoms with Gasteiger partial charge in [-0.25, -0.2) is 9.97 Å². The average molecular weight is 473 g/mol. The number of nitrogens with zero attached hydrogens (tertiary/aromatic N) is 4.